The molecule has 0 aliphatic heterocycles. The highest BCUT2D eigenvalue weighted by atomic mass is 32.1. The smallest absolute Gasteiger partial charge is 0.234 e. The Bertz CT molecular complexity index is 570. The molecule has 0 radical (unpaired) electrons. The first-order valence-electron chi connectivity index (χ1n) is 7.20. The molecule has 20 heavy (non-hydrogen) atoms. The molecular formula is C13H21N5OS. The van der Waals surface area contributed by atoms with E-state index in [-0.39, 0.29) is 5.41 Å². The van der Waals surface area contributed by atoms with Crippen molar-refractivity contribution in [2.24, 2.45) is 5.73 Å². The molecule has 3 rings (SSSR count). The van der Waals surface area contributed by atoms with Crippen LogP contribution in [0, 0.1) is 0 Å². The Balaban J connectivity index is 1.98. The first-order chi connectivity index (χ1) is 9.79. The summed E-state index contributed by atoms with van der Waals surface area (Å²) in [5, 5.41) is 14.2. The van der Waals surface area contributed by atoms with Crippen molar-refractivity contribution in [3.05, 3.63) is 10.8 Å². The molecule has 0 aromatic carbocycles. The van der Waals surface area contributed by atoms with Gasteiger partial charge in [0.1, 0.15) is 11.6 Å². The number of fused-ring (bicyclic) bond motifs is 1. The van der Waals surface area contributed by atoms with E-state index in [4.69, 9.17) is 15.6 Å². The third-order valence-electron chi connectivity index (χ3n) is 4.23. The van der Waals surface area contributed by atoms with Gasteiger partial charge >= 0.3 is 0 Å². The molecule has 2 heterocycles. The molecule has 0 atom stereocenters. The van der Waals surface area contributed by atoms with Crippen molar-refractivity contribution in [3.8, 4) is 0 Å². The molecule has 1 aliphatic rings. The van der Waals surface area contributed by atoms with E-state index in [9.17, 15) is 0 Å². The van der Waals surface area contributed by atoms with Crippen molar-refractivity contribution in [1.82, 2.24) is 19.8 Å². The maximum Gasteiger partial charge on any atom is 0.234 e. The Kier molecular flexibility index (Phi) is 4.00. The lowest BCUT2D eigenvalue weighted by Crippen LogP contribution is -2.34. The van der Waals surface area contributed by atoms with Crippen molar-refractivity contribution in [3.63, 3.8) is 0 Å². The highest BCUT2D eigenvalue weighted by Crippen LogP contribution is 2.39. The lowest BCUT2D eigenvalue weighted by molar-refractivity contribution is 0.175. The minimum Gasteiger partial charge on any atom is -0.377 e. The van der Waals surface area contributed by atoms with Crippen molar-refractivity contribution >= 4 is 16.3 Å². The average molecular weight is 295 g/mol. The van der Waals surface area contributed by atoms with Gasteiger partial charge in [0.25, 0.3) is 0 Å². The van der Waals surface area contributed by atoms with Crippen molar-refractivity contribution < 1.29 is 4.74 Å². The standard InChI is InChI=1S/C13H21N5OS/c1-19-8-10-15-16-12-18(10)17-11(20-12)13(9-14)6-4-2-3-5-7-13/h2-9,14H2,1H3. The van der Waals surface area contributed by atoms with Crippen LogP contribution < -0.4 is 5.73 Å². The monoisotopic (exact) mass is 295 g/mol. The van der Waals surface area contributed by atoms with Crippen LogP contribution in [0.4, 0.5) is 0 Å². The Labute approximate surface area is 122 Å². The van der Waals surface area contributed by atoms with Gasteiger partial charge in [0, 0.05) is 19.1 Å². The number of hydrogen-bond donors (Lipinski definition) is 1. The quantitative estimate of drug-likeness (QED) is 0.871. The minimum atomic E-state index is 0.0339. The largest absolute Gasteiger partial charge is 0.377 e. The molecule has 0 bridgehead atoms. The molecule has 6 nitrogen and oxygen atoms in total. The van der Waals surface area contributed by atoms with E-state index in [0.717, 1.165) is 28.6 Å². The summed E-state index contributed by atoms with van der Waals surface area (Å²) in [7, 11) is 1.65. The third-order valence-corrected chi connectivity index (χ3v) is 5.38. The van der Waals surface area contributed by atoms with Crippen LogP contribution in [0.25, 0.3) is 4.96 Å². The predicted octanol–water partition coefficient (Wildman–Crippen LogP) is 1.88. The van der Waals surface area contributed by atoms with Crippen LogP contribution >= 0.6 is 11.3 Å². The number of nitrogens with zero attached hydrogens (tertiary/aromatic N) is 4. The number of rotatable bonds is 4. The summed E-state index contributed by atoms with van der Waals surface area (Å²) in [5.74, 6) is 0.755. The zero-order valence-corrected chi connectivity index (χ0v) is 12.7. The maximum atomic E-state index is 6.12. The number of methoxy groups -OCH3 is 1. The number of ether oxygens (including phenoxy) is 1. The SMILES string of the molecule is COCc1nnc2sc(C3(CN)CCCCCC3)nn12. The zero-order chi connectivity index (χ0) is 14.0. The van der Waals surface area contributed by atoms with Crippen LogP contribution in [0.1, 0.15) is 49.4 Å². The van der Waals surface area contributed by atoms with Crippen LogP contribution in [0.15, 0.2) is 0 Å². The molecule has 0 spiro atoms. The summed E-state index contributed by atoms with van der Waals surface area (Å²) in [5.41, 5.74) is 6.16. The molecule has 110 valence electrons. The van der Waals surface area contributed by atoms with Gasteiger partial charge in [0.2, 0.25) is 4.96 Å². The van der Waals surface area contributed by atoms with Gasteiger partial charge in [-0.05, 0) is 12.8 Å². The first-order valence-corrected chi connectivity index (χ1v) is 8.01. The summed E-state index contributed by atoms with van der Waals surface area (Å²) >= 11 is 1.63. The summed E-state index contributed by atoms with van der Waals surface area (Å²) in [6.07, 6.45) is 7.35. The van der Waals surface area contributed by atoms with Gasteiger partial charge in [0.15, 0.2) is 5.82 Å². The van der Waals surface area contributed by atoms with Crippen molar-refractivity contribution in [2.45, 2.75) is 50.5 Å². The lowest BCUT2D eigenvalue weighted by Gasteiger charge is -2.28. The molecule has 2 aromatic heterocycles. The Morgan fingerprint density at radius 3 is 2.65 bits per heavy atom. The molecule has 1 fully saturated rings. The van der Waals surface area contributed by atoms with Crippen molar-refractivity contribution in [1.29, 1.82) is 0 Å². The van der Waals surface area contributed by atoms with Gasteiger partial charge in [-0.3, -0.25) is 0 Å². The molecule has 0 amide bonds. The van der Waals surface area contributed by atoms with Crippen LogP contribution in [0.3, 0.4) is 0 Å². The third kappa shape index (κ3) is 2.34. The normalized spacial score (nSPS) is 19.3. The summed E-state index contributed by atoms with van der Waals surface area (Å²) in [6.45, 7) is 1.09. The second-order valence-corrected chi connectivity index (χ2v) is 6.51. The first kappa shape index (κ1) is 13.9. The lowest BCUT2D eigenvalue weighted by atomic mass is 9.81. The summed E-state index contributed by atoms with van der Waals surface area (Å²) in [6, 6.07) is 0. The van der Waals surface area contributed by atoms with Crippen LogP contribution in [0.2, 0.25) is 0 Å². The van der Waals surface area contributed by atoms with Gasteiger partial charge in [-0.1, -0.05) is 37.0 Å². The Hall–Kier alpha value is -1.05. The predicted molar refractivity (Wildman–Crippen MR) is 77.8 cm³/mol. The fourth-order valence-electron chi connectivity index (χ4n) is 3.00. The number of hydrogen-bond acceptors (Lipinski definition) is 6. The van der Waals surface area contributed by atoms with Gasteiger partial charge in [-0.25, -0.2) is 0 Å². The van der Waals surface area contributed by atoms with E-state index >= 15 is 0 Å². The van der Waals surface area contributed by atoms with Crippen LogP contribution in [-0.4, -0.2) is 33.5 Å². The summed E-state index contributed by atoms with van der Waals surface area (Å²) < 4.78 is 6.95. The fraction of sp³-hybridized carbons (Fsp3) is 0.769. The van der Waals surface area contributed by atoms with Gasteiger partial charge in [-0.2, -0.15) is 9.61 Å². The molecule has 1 saturated carbocycles. The second kappa shape index (κ2) is 5.75. The van der Waals surface area contributed by atoms with E-state index in [0.29, 0.717) is 13.2 Å². The van der Waals surface area contributed by atoms with Gasteiger partial charge in [-0.15, -0.1) is 10.2 Å². The second-order valence-electron chi connectivity index (χ2n) is 5.55. The van der Waals surface area contributed by atoms with E-state index in [1.54, 1.807) is 18.4 Å². The van der Waals surface area contributed by atoms with E-state index < -0.39 is 0 Å². The topological polar surface area (TPSA) is 78.3 Å². The Morgan fingerprint density at radius 1 is 1.25 bits per heavy atom. The minimum absolute atomic E-state index is 0.0339. The van der Waals surface area contributed by atoms with Crippen LogP contribution in [-0.2, 0) is 16.8 Å². The maximum absolute atomic E-state index is 6.12. The zero-order valence-electron chi connectivity index (χ0n) is 11.8. The Morgan fingerprint density at radius 2 is 2.00 bits per heavy atom. The molecule has 2 aromatic rings. The van der Waals surface area contributed by atoms with E-state index in [1.807, 2.05) is 4.52 Å². The van der Waals surface area contributed by atoms with E-state index in [1.165, 1.54) is 25.7 Å². The molecule has 2 N–H and O–H groups in total. The average Bonchev–Trinajstić information content (AvgIpc) is 2.94. The number of nitrogens with two attached hydrogens (primary N) is 1. The number of aromatic nitrogens is 4. The molecule has 1 aliphatic carbocycles. The van der Waals surface area contributed by atoms with Crippen molar-refractivity contribution in [2.75, 3.05) is 13.7 Å². The van der Waals surface area contributed by atoms with Gasteiger partial charge < -0.3 is 10.5 Å². The summed E-state index contributed by atoms with van der Waals surface area (Å²) in [4.78, 5) is 0.837. The van der Waals surface area contributed by atoms with Gasteiger partial charge in [0.05, 0.1) is 0 Å². The fourth-order valence-corrected chi connectivity index (χ4v) is 4.12. The van der Waals surface area contributed by atoms with E-state index in [2.05, 4.69) is 10.2 Å². The van der Waals surface area contributed by atoms with Crippen LogP contribution in [0.5, 0.6) is 0 Å². The molecular weight excluding hydrogens is 274 g/mol. The molecule has 7 heteroatoms. The molecule has 0 saturated heterocycles. The highest BCUT2D eigenvalue weighted by molar-refractivity contribution is 7.16. The molecule has 0 unspecified atom stereocenters. The highest BCUT2D eigenvalue weighted by Gasteiger charge is 2.35.